The van der Waals surface area contributed by atoms with Crippen molar-refractivity contribution in [1.29, 1.82) is 0 Å². The molecule has 4 rings (SSSR count). The van der Waals surface area contributed by atoms with Gasteiger partial charge in [0.05, 0.1) is 26.2 Å². The number of amides is 1. The van der Waals surface area contributed by atoms with E-state index in [-0.39, 0.29) is 11.8 Å². The molecule has 1 saturated carbocycles. The molecule has 3 unspecified atom stereocenters. The van der Waals surface area contributed by atoms with Crippen molar-refractivity contribution in [3.05, 3.63) is 59.7 Å². The molecule has 2 aliphatic rings. The molecule has 0 bridgehead atoms. The normalized spacial score (nSPS) is 26.2. The third kappa shape index (κ3) is 3.35. The van der Waals surface area contributed by atoms with Crippen LogP contribution in [0.4, 0.5) is 0 Å². The van der Waals surface area contributed by atoms with Gasteiger partial charge in [0.25, 0.3) is 0 Å². The van der Waals surface area contributed by atoms with Crippen LogP contribution < -0.4 is 9.47 Å². The quantitative estimate of drug-likeness (QED) is 0.865. The summed E-state index contributed by atoms with van der Waals surface area (Å²) in [7, 11) is 3.26. The van der Waals surface area contributed by atoms with Gasteiger partial charge in [-0.15, -0.1) is 0 Å². The maximum atomic E-state index is 12.9. The SMILES string of the molecule is COc1ccc(C2(O)CCC3CN(C(=O)Cc4cccc(OC)c4)CC32)cc1. The molecule has 2 fully saturated rings. The molecular formula is C23H27NO4. The summed E-state index contributed by atoms with van der Waals surface area (Å²) in [5.41, 5.74) is 0.997. The van der Waals surface area contributed by atoms with Gasteiger partial charge in [-0.2, -0.15) is 0 Å². The lowest BCUT2D eigenvalue weighted by Crippen LogP contribution is -2.37. The van der Waals surface area contributed by atoms with E-state index in [0.717, 1.165) is 42.0 Å². The number of benzene rings is 2. The molecule has 0 aromatic heterocycles. The molecule has 2 aromatic rings. The van der Waals surface area contributed by atoms with Crippen molar-refractivity contribution in [2.45, 2.75) is 24.9 Å². The predicted octanol–water partition coefficient (Wildman–Crippen LogP) is 3.00. The fraction of sp³-hybridized carbons (Fsp3) is 0.435. The number of carbonyl (C=O) groups is 1. The van der Waals surface area contributed by atoms with Gasteiger partial charge in [-0.25, -0.2) is 0 Å². The summed E-state index contributed by atoms with van der Waals surface area (Å²) in [5, 5.41) is 11.5. The minimum absolute atomic E-state index is 0.0788. The zero-order chi connectivity index (χ0) is 19.7. The number of carbonyl (C=O) groups excluding carboxylic acids is 1. The molecule has 1 N–H and O–H groups in total. The molecule has 1 saturated heterocycles. The Bertz CT molecular complexity index is 850. The van der Waals surface area contributed by atoms with E-state index in [0.29, 0.717) is 18.9 Å². The first kappa shape index (κ1) is 18.8. The summed E-state index contributed by atoms with van der Waals surface area (Å²) in [4.78, 5) is 14.8. The van der Waals surface area contributed by atoms with E-state index >= 15 is 0 Å². The highest BCUT2D eigenvalue weighted by atomic mass is 16.5. The standard InChI is InChI=1S/C23H27NO4/c1-27-19-8-6-18(7-9-19)23(26)11-10-17-14-24(15-21(17)23)22(25)13-16-4-3-5-20(12-16)28-2/h3-9,12,17,21,26H,10-11,13-15H2,1-2H3. The van der Waals surface area contributed by atoms with Gasteiger partial charge in [0.15, 0.2) is 0 Å². The van der Waals surface area contributed by atoms with E-state index < -0.39 is 5.60 Å². The van der Waals surface area contributed by atoms with E-state index in [1.54, 1.807) is 14.2 Å². The Labute approximate surface area is 165 Å². The minimum Gasteiger partial charge on any atom is -0.497 e. The first-order valence-electron chi connectivity index (χ1n) is 9.81. The van der Waals surface area contributed by atoms with Gasteiger partial charge in [0.1, 0.15) is 11.5 Å². The van der Waals surface area contributed by atoms with Gasteiger partial charge >= 0.3 is 0 Å². The predicted molar refractivity (Wildman–Crippen MR) is 106 cm³/mol. The third-order valence-corrected chi connectivity index (χ3v) is 6.38. The Hall–Kier alpha value is -2.53. The van der Waals surface area contributed by atoms with Crippen LogP contribution in [0.15, 0.2) is 48.5 Å². The number of nitrogens with zero attached hydrogens (tertiary/aromatic N) is 1. The Morgan fingerprint density at radius 3 is 2.57 bits per heavy atom. The second-order valence-electron chi connectivity index (χ2n) is 7.89. The number of aliphatic hydroxyl groups is 1. The van der Waals surface area contributed by atoms with E-state index in [1.165, 1.54) is 0 Å². The average Bonchev–Trinajstić information content (AvgIpc) is 3.29. The van der Waals surface area contributed by atoms with Crippen LogP contribution in [0.1, 0.15) is 24.0 Å². The molecule has 1 amide bonds. The lowest BCUT2D eigenvalue weighted by Gasteiger charge is -2.31. The largest absolute Gasteiger partial charge is 0.497 e. The second-order valence-corrected chi connectivity index (χ2v) is 7.89. The van der Waals surface area contributed by atoms with Crippen molar-refractivity contribution in [3.63, 3.8) is 0 Å². The lowest BCUT2D eigenvalue weighted by molar-refractivity contribution is -0.130. The Morgan fingerprint density at radius 1 is 1.11 bits per heavy atom. The first-order valence-corrected chi connectivity index (χ1v) is 9.81. The summed E-state index contributed by atoms with van der Waals surface area (Å²) >= 11 is 0. The fourth-order valence-corrected chi connectivity index (χ4v) is 4.81. The Balaban J connectivity index is 1.47. The first-order chi connectivity index (χ1) is 13.5. The maximum absolute atomic E-state index is 12.9. The molecule has 2 aromatic carbocycles. The summed E-state index contributed by atoms with van der Waals surface area (Å²) in [6.45, 7) is 1.34. The summed E-state index contributed by atoms with van der Waals surface area (Å²) in [5.74, 6) is 2.08. The molecule has 5 heteroatoms. The highest BCUT2D eigenvalue weighted by Gasteiger charge is 2.53. The van der Waals surface area contributed by atoms with Gasteiger partial charge < -0.3 is 19.5 Å². The van der Waals surface area contributed by atoms with Gasteiger partial charge in [-0.3, -0.25) is 4.79 Å². The Kier molecular flexibility index (Phi) is 5.02. The van der Waals surface area contributed by atoms with Crippen molar-refractivity contribution in [3.8, 4) is 11.5 Å². The maximum Gasteiger partial charge on any atom is 0.227 e. The van der Waals surface area contributed by atoms with Gasteiger partial charge in [0, 0.05) is 19.0 Å². The van der Waals surface area contributed by atoms with Crippen LogP contribution in [0.5, 0.6) is 11.5 Å². The number of hydrogen-bond acceptors (Lipinski definition) is 4. The van der Waals surface area contributed by atoms with Crippen molar-refractivity contribution in [1.82, 2.24) is 4.90 Å². The van der Waals surface area contributed by atoms with Crippen molar-refractivity contribution in [2.24, 2.45) is 11.8 Å². The number of likely N-dealkylation sites (tertiary alicyclic amines) is 1. The van der Waals surface area contributed by atoms with Crippen LogP contribution in [0, 0.1) is 11.8 Å². The molecule has 1 aliphatic heterocycles. The highest BCUT2D eigenvalue weighted by Crippen LogP contribution is 2.50. The molecule has 0 radical (unpaired) electrons. The molecule has 1 aliphatic carbocycles. The number of rotatable bonds is 5. The average molecular weight is 381 g/mol. The van der Waals surface area contributed by atoms with E-state index in [9.17, 15) is 9.90 Å². The summed E-state index contributed by atoms with van der Waals surface area (Å²) in [6.07, 6.45) is 2.04. The van der Waals surface area contributed by atoms with Gasteiger partial charge in [0.2, 0.25) is 5.91 Å². The van der Waals surface area contributed by atoms with Crippen LogP contribution >= 0.6 is 0 Å². The highest BCUT2D eigenvalue weighted by molar-refractivity contribution is 5.79. The van der Waals surface area contributed by atoms with Crippen LogP contribution in [0.25, 0.3) is 0 Å². The number of ether oxygens (including phenoxy) is 2. The molecule has 5 nitrogen and oxygen atoms in total. The molecule has 1 heterocycles. The van der Waals surface area contributed by atoms with E-state index in [4.69, 9.17) is 9.47 Å². The zero-order valence-electron chi connectivity index (χ0n) is 16.4. The van der Waals surface area contributed by atoms with Crippen LogP contribution in [0.3, 0.4) is 0 Å². The molecule has 28 heavy (non-hydrogen) atoms. The molecule has 148 valence electrons. The van der Waals surface area contributed by atoms with Crippen molar-refractivity contribution >= 4 is 5.91 Å². The van der Waals surface area contributed by atoms with Crippen LogP contribution in [0.2, 0.25) is 0 Å². The Morgan fingerprint density at radius 2 is 1.86 bits per heavy atom. The van der Waals surface area contributed by atoms with Crippen LogP contribution in [-0.2, 0) is 16.8 Å². The second kappa shape index (κ2) is 7.47. The summed E-state index contributed by atoms with van der Waals surface area (Å²) < 4.78 is 10.5. The smallest absolute Gasteiger partial charge is 0.227 e. The molecule has 3 atom stereocenters. The third-order valence-electron chi connectivity index (χ3n) is 6.38. The fourth-order valence-electron chi connectivity index (χ4n) is 4.81. The number of fused-ring (bicyclic) bond motifs is 1. The van der Waals surface area contributed by atoms with Gasteiger partial charge in [-0.05, 0) is 54.2 Å². The zero-order valence-corrected chi connectivity index (χ0v) is 16.4. The minimum atomic E-state index is -0.873. The van der Waals surface area contributed by atoms with Gasteiger partial charge in [-0.1, -0.05) is 24.3 Å². The topological polar surface area (TPSA) is 59.0 Å². The van der Waals surface area contributed by atoms with Crippen molar-refractivity contribution < 1.29 is 19.4 Å². The van der Waals surface area contributed by atoms with Crippen LogP contribution in [-0.4, -0.2) is 43.2 Å². The summed E-state index contributed by atoms with van der Waals surface area (Å²) in [6, 6.07) is 15.3. The number of methoxy groups -OCH3 is 2. The number of hydrogen-bond donors (Lipinski definition) is 1. The molecular weight excluding hydrogens is 354 g/mol. The van der Waals surface area contributed by atoms with Crippen molar-refractivity contribution in [2.75, 3.05) is 27.3 Å². The van der Waals surface area contributed by atoms with E-state index in [2.05, 4.69) is 0 Å². The van der Waals surface area contributed by atoms with E-state index in [1.807, 2.05) is 53.4 Å². The monoisotopic (exact) mass is 381 g/mol. The molecule has 0 spiro atoms. The lowest BCUT2D eigenvalue weighted by atomic mass is 9.82.